The number of nitrogens with zero attached hydrogens (tertiary/aromatic N) is 4. The molecule has 0 radical (unpaired) electrons. The van der Waals surface area contributed by atoms with Gasteiger partial charge in [0.05, 0.1) is 0 Å². The van der Waals surface area contributed by atoms with Gasteiger partial charge in [0.1, 0.15) is 0 Å². The molecule has 4 aliphatic rings. The van der Waals surface area contributed by atoms with Crippen LogP contribution in [0.5, 0.6) is 0 Å². The number of hydrogen-bond acceptors (Lipinski definition) is 8. The summed E-state index contributed by atoms with van der Waals surface area (Å²) in [6.45, 7) is 23.7. The van der Waals surface area contributed by atoms with Crippen molar-refractivity contribution in [3.8, 4) is 0 Å². The van der Waals surface area contributed by atoms with E-state index >= 15 is 0 Å². The molecule has 0 aromatic heterocycles. The summed E-state index contributed by atoms with van der Waals surface area (Å²) in [4.78, 5) is 11.0. The van der Waals surface area contributed by atoms with Gasteiger partial charge in [-0.2, -0.15) is 0 Å². The summed E-state index contributed by atoms with van der Waals surface area (Å²) in [5.74, 6) is 0. The molecule has 0 saturated carbocycles. The molecular weight excluding hydrogens is 364 g/mol. The lowest BCUT2D eigenvalue weighted by atomic mass is 9.83. The van der Waals surface area contributed by atoms with Gasteiger partial charge in [0, 0.05) is 136 Å². The molecule has 4 aliphatic heterocycles. The molecule has 29 heavy (non-hydrogen) atoms. The van der Waals surface area contributed by atoms with Crippen LogP contribution >= 0.6 is 0 Å². The zero-order valence-electron chi connectivity index (χ0n) is 18.4. The standard InChI is InChI=1S/C21H44N8/c1-9-26(10-2-22-1)17-21(18-27-11-3-23-4-12-27,19-28-13-5-24-6-14-28)20-29-15-7-25-8-16-29/h22-25H,1-20H2. The van der Waals surface area contributed by atoms with Gasteiger partial charge in [-0.25, -0.2) is 0 Å². The maximum absolute atomic E-state index is 3.55. The Bertz CT molecular complexity index is 366. The average Bonchev–Trinajstić information content (AvgIpc) is 2.76. The summed E-state index contributed by atoms with van der Waals surface area (Å²) in [5.41, 5.74) is 0.323. The minimum absolute atomic E-state index is 0.323. The van der Waals surface area contributed by atoms with E-state index in [4.69, 9.17) is 0 Å². The first-order valence-electron chi connectivity index (χ1n) is 12.0. The lowest BCUT2D eigenvalue weighted by Crippen LogP contribution is -2.62. The van der Waals surface area contributed by atoms with E-state index < -0.39 is 0 Å². The van der Waals surface area contributed by atoms with Gasteiger partial charge in [0.15, 0.2) is 0 Å². The van der Waals surface area contributed by atoms with Gasteiger partial charge >= 0.3 is 0 Å². The summed E-state index contributed by atoms with van der Waals surface area (Å²) in [5, 5.41) is 14.2. The van der Waals surface area contributed by atoms with Crippen LogP contribution in [0.15, 0.2) is 0 Å². The Labute approximate surface area is 177 Å². The zero-order chi connectivity index (χ0) is 19.8. The molecule has 8 heteroatoms. The highest BCUT2D eigenvalue weighted by molar-refractivity contribution is 4.95. The smallest absolute Gasteiger partial charge is 0.0212 e. The second-order valence-electron chi connectivity index (χ2n) is 9.60. The van der Waals surface area contributed by atoms with Gasteiger partial charge in [-0.15, -0.1) is 0 Å². The molecule has 4 rings (SSSR count). The third-order valence-electron chi connectivity index (χ3n) is 7.07. The molecule has 0 aromatic carbocycles. The normalized spacial score (nSPS) is 27.3. The Balaban J connectivity index is 1.51. The van der Waals surface area contributed by atoms with Crippen molar-refractivity contribution in [1.82, 2.24) is 40.9 Å². The highest BCUT2D eigenvalue weighted by atomic mass is 15.3. The zero-order valence-corrected chi connectivity index (χ0v) is 18.4. The van der Waals surface area contributed by atoms with Crippen molar-refractivity contribution < 1.29 is 0 Å². The molecule has 0 amide bonds. The lowest BCUT2D eigenvalue weighted by Gasteiger charge is -2.48. The second kappa shape index (κ2) is 11.3. The summed E-state index contributed by atoms with van der Waals surface area (Å²) in [6.07, 6.45) is 0. The van der Waals surface area contributed by atoms with Crippen molar-refractivity contribution >= 4 is 0 Å². The van der Waals surface area contributed by atoms with E-state index in [1.165, 1.54) is 78.5 Å². The second-order valence-corrected chi connectivity index (χ2v) is 9.60. The monoisotopic (exact) mass is 408 g/mol. The fourth-order valence-electron chi connectivity index (χ4n) is 5.67. The van der Waals surface area contributed by atoms with Gasteiger partial charge in [0.2, 0.25) is 0 Å². The van der Waals surface area contributed by atoms with Crippen LogP contribution in [-0.4, -0.2) is 150 Å². The van der Waals surface area contributed by atoms with Gasteiger partial charge in [-0.1, -0.05) is 0 Å². The first-order chi connectivity index (χ1) is 14.3. The molecule has 0 unspecified atom stereocenters. The van der Waals surface area contributed by atoms with Crippen molar-refractivity contribution in [2.24, 2.45) is 5.41 Å². The Morgan fingerprint density at radius 2 is 0.586 bits per heavy atom. The lowest BCUT2D eigenvalue weighted by molar-refractivity contribution is 0.0119. The highest BCUT2D eigenvalue weighted by Gasteiger charge is 2.38. The largest absolute Gasteiger partial charge is 0.314 e. The molecule has 8 nitrogen and oxygen atoms in total. The molecule has 0 aliphatic carbocycles. The van der Waals surface area contributed by atoms with Crippen LogP contribution in [0.25, 0.3) is 0 Å². The molecule has 168 valence electrons. The summed E-state index contributed by atoms with van der Waals surface area (Å²) in [7, 11) is 0. The predicted octanol–water partition coefficient (Wildman–Crippen LogP) is -2.41. The van der Waals surface area contributed by atoms with Crippen LogP contribution in [0.2, 0.25) is 0 Å². The quantitative estimate of drug-likeness (QED) is 0.355. The van der Waals surface area contributed by atoms with Crippen molar-refractivity contribution in [3.63, 3.8) is 0 Å². The molecule has 4 saturated heterocycles. The van der Waals surface area contributed by atoms with E-state index in [0.29, 0.717) is 5.41 Å². The van der Waals surface area contributed by atoms with Crippen LogP contribution in [0.1, 0.15) is 0 Å². The molecule has 0 atom stereocenters. The molecule has 0 aromatic rings. The minimum Gasteiger partial charge on any atom is -0.314 e. The Morgan fingerprint density at radius 1 is 0.379 bits per heavy atom. The number of hydrogen-bond donors (Lipinski definition) is 4. The van der Waals surface area contributed by atoms with Gasteiger partial charge in [-0.05, 0) is 0 Å². The topological polar surface area (TPSA) is 61.1 Å². The van der Waals surface area contributed by atoms with E-state index in [9.17, 15) is 0 Å². The van der Waals surface area contributed by atoms with Gasteiger partial charge < -0.3 is 40.9 Å². The van der Waals surface area contributed by atoms with E-state index in [-0.39, 0.29) is 0 Å². The van der Waals surface area contributed by atoms with E-state index in [2.05, 4.69) is 40.9 Å². The van der Waals surface area contributed by atoms with Crippen molar-refractivity contribution in [3.05, 3.63) is 0 Å². The van der Waals surface area contributed by atoms with Gasteiger partial charge in [0.25, 0.3) is 0 Å². The Hall–Kier alpha value is -0.320. The van der Waals surface area contributed by atoms with E-state index in [1.807, 2.05) is 0 Å². The third kappa shape index (κ3) is 6.83. The third-order valence-corrected chi connectivity index (χ3v) is 7.07. The van der Waals surface area contributed by atoms with E-state index in [1.54, 1.807) is 0 Å². The highest BCUT2D eigenvalue weighted by Crippen LogP contribution is 2.26. The molecule has 4 N–H and O–H groups in total. The first kappa shape index (κ1) is 21.9. The van der Waals surface area contributed by atoms with Crippen LogP contribution < -0.4 is 21.3 Å². The van der Waals surface area contributed by atoms with Crippen molar-refractivity contribution in [2.75, 3.05) is 131 Å². The maximum atomic E-state index is 3.55. The molecule has 0 bridgehead atoms. The summed E-state index contributed by atoms with van der Waals surface area (Å²) in [6, 6.07) is 0. The predicted molar refractivity (Wildman–Crippen MR) is 120 cm³/mol. The van der Waals surface area contributed by atoms with Crippen molar-refractivity contribution in [2.45, 2.75) is 0 Å². The Morgan fingerprint density at radius 3 is 0.793 bits per heavy atom. The molecular formula is C21H44N8. The number of piperazine rings is 4. The number of rotatable bonds is 8. The van der Waals surface area contributed by atoms with E-state index in [0.717, 1.165) is 52.4 Å². The van der Waals surface area contributed by atoms with Crippen LogP contribution in [0.4, 0.5) is 0 Å². The molecule has 0 spiro atoms. The van der Waals surface area contributed by atoms with Crippen molar-refractivity contribution in [1.29, 1.82) is 0 Å². The molecule has 4 fully saturated rings. The average molecular weight is 409 g/mol. The Kier molecular flexibility index (Phi) is 8.56. The maximum Gasteiger partial charge on any atom is 0.0212 e. The fraction of sp³-hybridized carbons (Fsp3) is 1.00. The number of nitrogens with one attached hydrogen (secondary N) is 4. The van der Waals surface area contributed by atoms with Crippen LogP contribution in [-0.2, 0) is 0 Å². The molecule has 4 heterocycles. The fourth-order valence-corrected chi connectivity index (χ4v) is 5.67. The summed E-state index contributed by atoms with van der Waals surface area (Å²) < 4.78 is 0. The van der Waals surface area contributed by atoms with Crippen LogP contribution in [0, 0.1) is 5.41 Å². The van der Waals surface area contributed by atoms with Crippen LogP contribution in [0.3, 0.4) is 0 Å². The van der Waals surface area contributed by atoms with Gasteiger partial charge in [-0.3, -0.25) is 0 Å². The first-order valence-corrected chi connectivity index (χ1v) is 12.0. The minimum atomic E-state index is 0.323. The summed E-state index contributed by atoms with van der Waals surface area (Å²) >= 11 is 0. The SMILES string of the molecule is C1CN(CC(CN2CCNCC2)(CN2CCNCC2)CN2CCNCC2)CCN1.